The summed E-state index contributed by atoms with van der Waals surface area (Å²) in [7, 11) is 0. The van der Waals surface area contributed by atoms with E-state index in [9.17, 15) is 0 Å². The predicted molar refractivity (Wildman–Crippen MR) is 107 cm³/mol. The SMILES string of the molecule is C=C(C)c1cccc(=C)/c1=C\C.CC1(N)CC1.Cc1cccnc1. The highest BCUT2D eigenvalue weighted by Gasteiger charge is 2.31. The average molecular weight is 322 g/mol. The molecule has 128 valence electrons. The zero-order valence-electron chi connectivity index (χ0n) is 15.5. The third kappa shape index (κ3) is 7.38. The molecule has 2 heteroatoms. The number of hydrogen-bond acceptors (Lipinski definition) is 2. The van der Waals surface area contributed by atoms with Crippen molar-refractivity contribution in [3.05, 3.63) is 70.9 Å². The fourth-order valence-electron chi connectivity index (χ4n) is 1.97. The van der Waals surface area contributed by atoms with Gasteiger partial charge in [-0.2, -0.15) is 0 Å². The van der Waals surface area contributed by atoms with E-state index in [2.05, 4.69) is 37.2 Å². The summed E-state index contributed by atoms with van der Waals surface area (Å²) in [4.78, 5) is 3.88. The van der Waals surface area contributed by atoms with E-state index in [1.54, 1.807) is 6.20 Å². The first-order valence-corrected chi connectivity index (χ1v) is 8.32. The van der Waals surface area contributed by atoms with Gasteiger partial charge in [0.15, 0.2) is 0 Å². The minimum absolute atomic E-state index is 0.250. The topological polar surface area (TPSA) is 38.9 Å². The molecule has 0 unspecified atom stereocenters. The summed E-state index contributed by atoms with van der Waals surface area (Å²) in [5.41, 5.74) is 9.22. The second kappa shape index (κ2) is 9.19. The van der Waals surface area contributed by atoms with Crippen molar-refractivity contribution in [2.45, 2.75) is 46.1 Å². The number of nitrogens with two attached hydrogens (primary N) is 1. The van der Waals surface area contributed by atoms with Crippen LogP contribution in [0.2, 0.25) is 0 Å². The van der Waals surface area contributed by atoms with Crippen LogP contribution in [0.4, 0.5) is 0 Å². The van der Waals surface area contributed by atoms with Crippen molar-refractivity contribution in [3.8, 4) is 0 Å². The maximum Gasteiger partial charge on any atom is 0.0297 e. The predicted octanol–water partition coefficient (Wildman–Crippen LogP) is 3.82. The minimum Gasteiger partial charge on any atom is -0.325 e. The Hall–Kier alpha value is -2.19. The Balaban J connectivity index is 0.000000201. The van der Waals surface area contributed by atoms with Gasteiger partial charge in [-0.05, 0) is 68.2 Å². The summed E-state index contributed by atoms with van der Waals surface area (Å²) in [5, 5.41) is 2.27. The molecule has 0 spiro atoms. The van der Waals surface area contributed by atoms with Gasteiger partial charge >= 0.3 is 0 Å². The molecule has 0 bridgehead atoms. The monoisotopic (exact) mass is 322 g/mol. The molecule has 2 aromatic rings. The summed E-state index contributed by atoms with van der Waals surface area (Å²) in [6, 6.07) is 10.1. The largest absolute Gasteiger partial charge is 0.325 e. The number of aryl methyl sites for hydroxylation is 1. The van der Waals surface area contributed by atoms with Crippen LogP contribution in [-0.2, 0) is 0 Å². The molecule has 2 N–H and O–H groups in total. The van der Waals surface area contributed by atoms with E-state index in [4.69, 9.17) is 5.73 Å². The maximum absolute atomic E-state index is 5.47. The summed E-state index contributed by atoms with van der Waals surface area (Å²) >= 11 is 0. The average Bonchev–Trinajstić information content (AvgIpc) is 3.24. The molecule has 1 aliphatic rings. The van der Waals surface area contributed by atoms with Crippen molar-refractivity contribution in [2.24, 2.45) is 5.73 Å². The van der Waals surface area contributed by atoms with E-state index in [1.165, 1.54) is 29.2 Å². The lowest BCUT2D eigenvalue weighted by atomic mass is 10.0. The molecule has 2 nitrogen and oxygen atoms in total. The van der Waals surface area contributed by atoms with E-state index < -0.39 is 0 Å². The number of rotatable bonds is 1. The van der Waals surface area contributed by atoms with Crippen LogP contribution in [0.5, 0.6) is 0 Å². The molecule has 0 atom stereocenters. The van der Waals surface area contributed by atoms with Gasteiger partial charge in [0.1, 0.15) is 0 Å². The molecule has 0 radical (unpaired) electrons. The van der Waals surface area contributed by atoms with Crippen molar-refractivity contribution < 1.29 is 0 Å². The van der Waals surface area contributed by atoms with Crippen molar-refractivity contribution in [2.75, 3.05) is 0 Å². The van der Waals surface area contributed by atoms with Crippen molar-refractivity contribution in [1.29, 1.82) is 0 Å². The van der Waals surface area contributed by atoms with Crippen LogP contribution >= 0.6 is 0 Å². The van der Waals surface area contributed by atoms with Gasteiger partial charge in [-0.25, -0.2) is 0 Å². The van der Waals surface area contributed by atoms with Crippen molar-refractivity contribution in [1.82, 2.24) is 4.98 Å². The summed E-state index contributed by atoms with van der Waals surface area (Å²) in [6.07, 6.45) is 8.14. The normalized spacial score (nSPS) is 14.6. The van der Waals surface area contributed by atoms with Crippen LogP contribution in [0.25, 0.3) is 18.2 Å². The fourth-order valence-corrected chi connectivity index (χ4v) is 1.97. The van der Waals surface area contributed by atoms with E-state index >= 15 is 0 Å². The molecule has 1 aromatic carbocycles. The lowest BCUT2D eigenvalue weighted by molar-refractivity contribution is 0.762. The molecule has 0 saturated heterocycles. The second-order valence-electron chi connectivity index (χ2n) is 6.63. The smallest absolute Gasteiger partial charge is 0.0297 e. The lowest BCUT2D eigenvalue weighted by Crippen LogP contribution is -2.25. The third-order valence-electron chi connectivity index (χ3n) is 3.79. The van der Waals surface area contributed by atoms with Gasteiger partial charge in [-0.3, -0.25) is 4.98 Å². The number of benzene rings is 1. The Labute approximate surface area is 146 Å². The number of allylic oxidation sites excluding steroid dienone is 1. The van der Waals surface area contributed by atoms with Crippen LogP contribution in [0.15, 0.2) is 49.3 Å². The highest BCUT2D eigenvalue weighted by atomic mass is 14.8. The van der Waals surface area contributed by atoms with Gasteiger partial charge in [-0.1, -0.05) is 49.1 Å². The van der Waals surface area contributed by atoms with E-state index in [1.807, 2.05) is 51.2 Å². The Morgan fingerprint density at radius 3 is 2.17 bits per heavy atom. The molecule has 0 amide bonds. The Morgan fingerprint density at radius 1 is 1.25 bits per heavy atom. The van der Waals surface area contributed by atoms with Gasteiger partial charge in [0.25, 0.3) is 0 Å². The zero-order chi connectivity index (χ0) is 18.2. The number of aromatic nitrogens is 1. The van der Waals surface area contributed by atoms with Crippen LogP contribution in [0.1, 0.15) is 44.7 Å². The van der Waals surface area contributed by atoms with Crippen LogP contribution < -0.4 is 16.2 Å². The van der Waals surface area contributed by atoms with Crippen LogP contribution in [0.3, 0.4) is 0 Å². The molecular formula is C22H30N2. The van der Waals surface area contributed by atoms with E-state index in [-0.39, 0.29) is 5.54 Å². The molecule has 0 aliphatic heterocycles. The Morgan fingerprint density at radius 2 is 1.88 bits per heavy atom. The summed E-state index contributed by atoms with van der Waals surface area (Å²) < 4.78 is 0. The second-order valence-corrected chi connectivity index (χ2v) is 6.63. The molecule has 1 heterocycles. The molecule has 1 aromatic heterocycles. The highest BCUT2D eigenvalue weighted by Crippen LogP contribution is 2.30. The third-order valence-corrected chi connectivity index (χ3v) is 3.79. The highest BCUT2D eigenvalue weighted by molar-refractivity contribution is 5.62. The number of pyridine rings is 1. The van der Waals surface area contributed by atoms with E-state index in [0.717, 1.165) is 10.8 Å². The van der Waals surface area contributed by atoms with E-state index in [0.29, 0.717) is 0 Å². The van der Waals surface area contributed by atoms with Gasteiger partial charge < -0.3 is 5.73 Å². The molecule has 24 heavy (non-hydrogen) atoms. The first-order valence-electron chi connectivity index (χ1n) is 8.32. The Kier molecular flexibility index (Phi) is 7.60. The lowest BCUT2D eigenvalue weighted by Gasteiger charge is -2.00. The standard InChI is InChI=1S/C12H14.C6H7N.C4H9N/c1-5-11-10(4)7-6-8-12(11)9(2)3;1-6-3-2-4-7-5-6;1-4(5)2-3-4/h5-8H,2,4H2,1,3H3;2-5H,1H3;2-3,5H2,1H3/b11-5+;;. The Bertz CT molecular complexity index is 752. The fraction of sp³-hybridized carbons (Fsp3) is 0.318. The molecule has 3 rings (SSSR count). The molecule has 1 aliphatic carbocycles. The quantitative estimate of drug-likeness (QED) is 0.867. The van der Waals surface area contributed by atoms with Crippen LogP contribution in [0, 0.1) is 6.92 Å². The summed E-state index contributed by atoms with van der Waals surface area (Å²) in [5.74, 6) is 0. The molecular weight excluding hydrogens is 292 g/mol. The van der Waals surface area contributed by atoms with Gasteiger partial charge in [0.2, 0.25) is 0 Å². The van der Waals surface area contributed by atoms with Crippen LogP contribution in [-0.4, -0.2) is 10.5 Å². The maximum atomic E-state index is 5.47. The molecule has 1 saturated carbocycles. The molecule has 1 fully saturated rings. The van der Waals surface area contributed by atoms with Gasteiger partial charge in [0.05, 0.1) is 0 Å². The first kappa shape index (κ1) is 19.9. The number of hydrogen-bond donors (Lipinski definition) is 1. The minimum atomic E-state index is 0.250. The van der Waals surface area contributed by atoms with Gasteiger partial charge in [-0.15, -0.1) is 0 Å². The number of nitrogens with zero attached hydrogens (tertiary/aromatic N) is 1. The zero-order valence-corrected chi connectivity index (χ0v) is 15.5. The van der Waals surface area contributed by atoms with Gasteiger partial charge in [0, 0.05) is 17.9 Å². The first-order chi connectivity index (χ1) is 11.3. The van der Waals surface area contributed by atoms with Crippen molar-refractivity contribution in [3.63, 3.8) is 0 Å². The summed E-state index contributed by atoms with van der Waals surface area (Å²) in [6.45, 7) is 16.0. The van der Waals surface area contributed by atoms with Crippen molar-refractivity contribution >= 4 is 18.2 Å².